The van der Waals surface area contributed by atoms with Gasteiger partial charge >= 0.3 is 0 Å². The summed E-state index contributed by atoms with van der Waals surface area (Å²) < 4.78 is 44.2. The Kier molecular flexibility index (Phi) is 10.0. The highest BCUT2D eigenvalue weighted by Gasteiger charge is 2.26. The van der Waals surface area contributed by atoms with Gasteiger partial charge in [-0.1, -0.05) is 60.8 Å². The molecule has 5 aromatic rings. The quantitative estimate of drug-likeness (QED) is 0.161. The smallest absolute Gasteiger partial charge is 0.266 e. The van der Waals surface area contributed by atoms with Crippen LogP contribution in [0.15, 0.2) is 69.1 Å². The number of aromatic nitrogens is 5. The van der Waals surface area contributed by atoms with E-state index >= 15 is 0 Å². The van der Waals surface area contributed by atoms with Crippen LogP contribution in [-0.2, 0) is 41.4 Å². The maximum absolute atomic E-state index is 14.1. The Balaban J connectivity index is 1.39. The first-order chi connectivity index (χ1) is 23.9. The summed E-state index contributed by atoms with van der Waals surface area (Å²) in [6, 6.07) is 12.4. The standard InChI is InChI=1S/C36H41N7O6S/c1-6-48-21-27-16-26(14-15-29(27)30-12-7-8-13-31(30)50(46,47)41-34-22(2)24(4)49-40-34)19-43-32(17-25-10-9-11-25)38-23(3)33(36(43)45)35(44)39-28-18-37-42(5)20-28/h7-8,12-16,18,20,25H,6,9-11,17,19,21H2,1-5H3,(H,39,44)(H,40,41). The number of ether oxygens (including phenoxy) is 1. The molecule has 0 spiro atoms. The summed E-state index contributed by atoms with van der Waals surface area (Å²) in [6.45, 7) is 7.83. The van der Waals surface area contributed by atoms with Crippen LogP contribution in [-0.4, -0.2) is 45.4 Å². The number of benzene rings is 2. The van der Waals surface area contributed by atoms with Gasteiger partial charge in [0.2, 0.25) is 0 Å². The van der Waals surface area contributed by atoms with Gasteiger partial charge in [-0.25, -0.2) is 13.4 Å². The number of aryl methyl sites for hydroxylation is 3. The van der Waals surface area contributed by atoms with Gasteiger partial charge < -0.3 is 14.6 Å². The molecule has 0 radical (unpaired) electrons. The number of sulfonamides is 1. The molecular weight excluding hydrogens is 659 g/mol. The highest BCUT2D eigenvalue weighted by atomic mass is 32.2. The molecule has 0 atom stereocenters. The van der Waals surface area contributed by atoms with Gasteiger partial charge in [0.1, 0.15) is 17.1 Å². The van der Waals surface area contributed by atoms with Gasteiger partial charge in [-0.3, -0.25) is 23.6 Å². The Morgan fingerprint density at radius 1 is 1.10 bits per heavy atom. The van der Waals surface area contributed by atoms with E-state index in [1.807, 2.05) is 25.1 Å². The summed E-state index contributed by atoms with van der Waals surface area (Å²) >= 11 is 0. The van der Waals surface area contributed by atoms with Crippen LogP contribution in [0.2, 0.25) is 0 Å². The van der Waals surface area contributed by atoms with Crippen LogP contribution in [0.5, 0.6) is 0 Å². The Labute approximate surface area is 290 Å². The number of nitrogens with one attached hydrogen (secondary N) is 2. The summed E-state index contributed by atoms with van der Waals surface area (Å²) in [5, 5.41) is 10.7. The molecule has 50 heavy (non-hydrogen) atoms. The fraction of sp³-hybridized carbons (Fsp3) is 0.361. The van der Waals surface area contributed by atoms with E-state index in [0.29, 0.717) is 58.6 Å². The minimum atomic E-state index is -4.07. The van der Waals surface area contributed by atoms with Gasteiger partial charge in [0.05, 0.1) is 35.6 Å². The van der Waals surface area contributed by atoms with E-state index in [0.717, 1.165) is 30.4 Å². The first-order valence-corrected chi connectivity index (χ1v) is 18.1. The highest BCUT2D eigenvalue weighted by Crippen LogP contribution is 2.34. The average molecular weight is 700 g/mol. The lowest BCUT2D eigenvalue weighted by Gasteiger charge is -2.26. The van der Waals surface area contributed by atoms with Gasteiger partial charge in [0.25, 0.3) is 21.5 Å². The number of carbonyl (C=O) groups is 1. The van der Waals surface area contributed by atoms with Crippen molar-refractivity contribution in [2.45, 2.75) is 71.4 Å². The van der Waals surface area contributed by atoms with E-state index in [2.05, 4.69) is 20.3 Å². The number of hydrogen-bond donors (Lipinski definition) is 2. The largest absolute Gasteiger partial charge is 0.377 e. The summed E-state index contributed by atoms with van der Waals surface area (Å²) in [4.78, 5) is 32.4. The summed E-state index contributed by atoms with van der Waals surface area (Å²) in [7, 11) is -2.32. The highest BCUT2D eigenvalue weighted by molar-refractivity contribution is 7.92. The monoisotopic (exact) mass is 699 g/mol. The normalized spacial score (nSPS) is 13.3. The lowest BCUT2D eigenvalue weighted by Crippen LogP contribution is -2.35. The van der Waals surface area contributed by atoms with Gasteiger partial charge in [-0.05, 0) is 56.4 Å². The molecule has 13 nitrogen and oxygen atoms in total. The average Bonchev–Trinajstić information content (AvgIpc) is 3.62. The molecule has 0 aliphatic heterocycles. The lowest BCUT2D eigenvalue weighted by atomic mass is 9.82. The predicted molar refractivity (Wildman–Crippen MR) is 189 cm³/mol. The lowest BCUT2D eigenvalue weighted by molar-refractivity contribution is 0.102. The Hall–Kier alpha value is -5.08. The van der Waals surface area contributed by atoms with Gasteiger partial charge in [-0.15, -0.1) is 0 Å². The molecule has 1 amide bonds. The third kappa shape index (κ3) is 7.26. The zero-order chi connectivity index (χ0) is 35.6. The molecule has 1 aliphatic rings. The maximum atomic E-state index is 14.1. The SMILES string of the molecule is CCOCc1cc(Cn2c(CC3CCC3)nc(C)c(C(=O)Nc3cnn(C)c3)c2=O)ccc1-c1ccccc1S(=O)(=O)Nc1noc(C)c1C. The van der Waals surface area contributed by atoms with Crippen LogP contribution in [0.4, 0.5) is 11.5 Å². The van der Waals surface area contributed by atoms with Gasteiger partial charge in [0, 0.05) is 37.4 Å². The van der Waals surface area contributed by atoms with Gasteiger partial charge in [0.15, 0.2) is 5.82 Å². The van der Waals surface area contributed by atoms with Crippen molar-refractivity contribution < 1.29 is 22.5 Å². The molecule has 1 fully saturated rings. The molecule has 1 aliphatic carbocycles. The second-order valence-corrected chi connectivity index (χ2v) is 14.3. The molecule has 2 aromatic carbocycles. The fourth-order valence-corrected chi connectivity index (χ4v) is 7.35. The molecule has 14 heteroatoms. The molecule has 3 aromatic heterocycles. The number of amides is 1. The van der Waals surface area contributed by atoms with E-state index in [4.69, 9.17) is 14.2 Å². The number of anilines is 2. The zero-order valence-electron chi connectivity index (χ0n) is 28.8. The second kappa shape index (κ2) is 14.4. The number of carbonyl (C=O) groups excluding carboxylic acids is 1. The third-order valence-corrected chi connectivity index (χ3v) is 10.5. The molecule has 0 bridgehead atoms. The molecule has 0 unspecified atom stereocenters. The number of nitrogens with zero attached hydrogens (tertiary/aromatic N) is 5. The van der Waals surface area contributed by atoms with E-state index in [9.17, 15) is 18.0 Å². The van der Waals surface area contributed by atoms with E-state index in [-0.39, 0.29) is 29.4 Å². The van der Waals surface area contributed by atoms with Crippen LogP contribution < -0.4 is 15.6 Å². The summed E-state index contributed by atoms with van der Waals surface area (Å²) in [6.07, 6.45) is 7.08. The minimum absolute atomic E-state index is 0.0263. The Morgan fingerprint density at radius 2 is 1.88 bits per heavy atom. The summed E-state index contributed by atoms with van der Waals surface area (Å²) in [5.74, 6) is 1.16. The first-order valence-electron chi connectivity index (χ1n) is 16.6. The topological polar surface area (TPSA) is 163 Å². The van der Waals surface area contributed by atoms with Crippen LogP contribution in [0.3, 0.4) is 0 Å². The number of hydrogen-bond acceptors (Lipinski definition) is 9. The fourth-order valence-electron chi connectivity index (χ4n) is 6.07. The molecule has 6 rings (SSSR count). The molecular formula is C36H41N7O6S. The third-order valence-electron chi connectivity index (χ3n) is 9.14. The molecule has 0 saturated heterocycles. The van der Waals surface area contributed by atoms with Crippen molar-refractivity contribution in [2.75, 3.05) is 16.6 Å². The zero-order valence-corrected chi connectivity index (χ0v) is 29.6. The van der Waals surface area contributed by atoms with Crippen molar-refractivity contribution in [3.05, 3.63) is 105 Å². The van der Waals surface area contributed by atoms with Crippen molar-refractivity contribution in [3.8, 4) is 11.1 Å². The van der Waals surface area contributed by atoms with E-state index in [1.54, 1.807) is 67.5 Å². The molecule has 3 heterocycles. The van der Waals surface area contributed by atoms with Crippen LogP contribution in [0.25, 0.3) is 11.1 Å². The molecule has 262 valence electrons. The molecule has 1 saturated carbocycles. The van der Waals surface area contributed by atoms with E-state index < -0.39 is 21.5 Å². The van der Waals surface area contributed by atoms with Crippen molar-refractivity contribution in [1.29, 1.82) is 0 Å². The van der Waals surface area contributed by atoms with Crippen molar-refractivity contribution in [2.24, 2.45) is 13.0 Å². The Morgan fingerprint density at radius 3 is 2.54 bits per heavy atom. The molecule has 2 N–H and O–H groups in total. The first kappa shape index (κ1) is 34.8. The van der Waals surface area contributed by atoms with Crippen LogP contribution >= 0.6 is 0 Å². The maximum Gasteiger partial charge on any atom is 0.266 e. The second-order valence-electron chi connectivity index (χ2n) is 12.7. The van der Waals surface area contributed by atoms with Crippen LogP contribution in [0.1, 0.15) is 70.5 Å². The van der Waals surface area contributed by atoms with E-state index in [1.165, 1.54) is 6.20 Å². The van der Waals surface area contributed by atoms with Crippen molar-refractivity contribution >= 4 is 27.4 Å². The van der Waals surface area contributed by atoms with Crippen LogP contribution in [0, 0.1) is 26.7 Å². The number of rotatable bonds is 13. The van der Waals surface area contributed by atoms with Gasteiger partial charge in [-0.2, -0.15) is 5.10 Å². The van der Waals surface area contributed by atoms with Crippen molar-refractivity contribution in [1.82, 2.24) is 24.5 Å². The summed E-state index contributed by atoms with van der Waals surface area (Å²) in [5.41, 5.74) is 3.65. The predicted octanol–water partition coefficient (Wildman–Crippen LogP) is 5.54. The minimum Gasteiger partial charge on any atom is -0.377 e. The van der Waals surface area contributed by atoms with Crippen molar-refractivity contribution in [3.63, 3.8) is 0 Å². The Bertz CT molecular complexity index is 2220.